The van der Waals surface area contributed by atoms with Crippen molar-refractivity contribution in [3.8, 4) is 0 Å². The minimum absolute atomic E-state index is 0.436. The molecule has 0 aromatic carbocycles. The number of nitrogens with two attached hydrogens (primary N) is 1. The summed E-state index contributed by atoms with van der Waals surface area (Å²) in [7, 11) is 0. The summed E-state index contributed by atoms with van der Waals surface area (Å²) >= 11 is 11.9. The number of halogens is 2. The van der Waals surface area contributed by atoms with E-state index >= 15 is 0 Å². The van der Waals surface area contributed by atoms with E-state index in [0.29, 0.717) is 22.8 Å². The van der Waals surface area contributed by atoms with Crippen molar-refractivity contribution in [3.63, 3.8) is 0 Å². The number of aromatic nitrogens is 1. The van der Waals surface area contributed by atoms with Crippen LogP contribution in [0, 0.1) is 0 Å². The zero-order valence-corrected chi connectivity index (χ0v) is 10.5. The van der Waals surface area contributed by atoms with Gasteiger partial charge in [-0.2, -0.15) is 0 Å². The van der Waals surface area contributed by atoms with Gasteiger partial charge in [0.1, 0.15) is 5.15 Å². The smallest absolute Gasteiger partial charge is 0.130 e. The highest BCUT2D eigenvalue weighted by atomic mass is 35.5. The Morgan fingerprint density at radius 1 is 1.50 bits per heavy atom. The summed E-state index contributed by atoms with van der Waals surface area (Å²) in [4.78, 5) is 6.41. The minimum Gasteiger partial charge on any atom is -0.329 e. The molecule has 1 aliphatic heterocycles. The van der Waals surface area contributed by atoms with Gasteiger partial charge >= 0.3 is 0 Å². The van der Waals surface area contributed by atoms with Gasteiger partial charge in [-0.3, -0.25) is 4.90 Å². The standard InChI is InChI=1S/C11H15Cl2N3/c12-10-4-11(13)15-6-8(10)7-16-3-1-2-9(16)5-14/h4,6,9H,1-3,5,7,14H2. The Labute approximate surface area is 106 Å². The number of hydrogen-bond acceptors (Lipinski definition) is 3. The van der Waals surface area contributed by atoms with Gasteiger partial charge in [-0.1, -0.05) is 23.2 Å². The topological polar surface area (TPSA) is 42.1 Å². The van der Waals surface area contributed by atoms with Crippen LogP contribution >= 0.6 is 23.2 Å². The fourth-order valence-electron chi connectivity index (χ4n) is 2.14. The molecule has 0 spiro atoms. The van der Waals surface area contributed by atoms with Crippen LogP contribution in [0.5, 0.6) is 0 Å². The average Bonchev–Trinajstić information content (AvgIpc) is 2.69. The fraction of sp³-hybridized carbons (Fsp3) is 0.545. The summed E-state index contributed by atoms with van der Waals surface area (Å²) < 4.78 is 0. The third-order valence-corrected chi connectivity index (χ3v) is 3.60. The van der Waals surface area contributed by atoms with Crippen molar-refractivity contribution in [2.45, 2.75) is 25.4 Å². The second kappa shape index (κ2) is 5.32. The van der Waals surface area contributed by atoms with Crippen LogP contribution in [-0.2, 0) is 6.54 Å². The van der Waals surface area contributed by atoms with Gasteiger partial charge in [0.05, 0.1) is 0 Å². The minimum atomic E-state index is 0.436. The van der Waals surface area contributed by atoms with Crippen LogP contribution in [0.3, 0.4) is 0 Å². The van der Waals surface area contributed by atoms with Crippen LogP contribution in [0.1, 0.15) is 18.4 Å². The van der Waals surface area contributed by atoms with Crippen LogP contribution in [0.4, 0.5) is 0 Å². The number of likely N-dealkylation sites (tertiary alicyclic amines) is 1. The lowest BCUT2D eigenvalue weighted by Gasteiger charge is -2.23. The molecule has 1 saturated heterocycles. The van der Waals surface area contributed by atoms with Gasteiger partial charge in [0.25, 0.3) is 0 Å². The predicted molar refractivity (Wildman–Crippen MR) is 66.7 cm³/mol. The molecule has 0 bridgehead atoms. The summed E-state index contributed by atoms with van der Waals surface area (Å²) in [6.45, 7) is 2.60. The quantitative estimate of drug-likeness (QED) is 0.848. The van der Waals surface area contributed by atoms with E-state index in [2.05, 4.69) is 9.88 Å². The maximum Gasteiger partial charge on any atom is 0.130 e. The highest BCUT2D eigenvalue weighted by molar-refractivity contribution is 6.34. The van der Waals surface area contributed by atoms with Gasteiger partial charge in [-0.25, -0.2) is 4.98 Å². The number of pyridine rings is 1. The Morgan fingerprint density at radius 3 is 3.00 bits per heavy atom. The first kappa shape index (κ1) is 12.1. The van der Waals surface area contributed by atoms with Crippen molar-refractivity contribution < 1.29 is 0 Å². The van der Waals surface area contributed by atoms with Gasteiger partial charge in [-0.05, 0) is 25.5 Å². The Morgan fingerprint density at radius 2 is 2.31 bits per heavy atom. The van der Waals surface area contributed by atoms with Crippen molar-refractivity contribution in [3.05, 3.63) is 28.0 Å². The molecule has 1 fully saturated rings. The SMILES string of the molecule is NCC1CCCN1Cc1cnc(Cl)cc1Cl. The van der Waals surface area contributed by atoms with Crippen molar-refractivity contribution in [2.75, 3.05) is 13.1 Å². The molecular weight excluding hydrogens is 245 g/mol. The van der Waals surface area contributed by atoms with Crippen molar-refractivity contribution in [1.29, 1.82) is 0 Å². The van der Waals surface area contributed by atoms with Gasteiger partial charge in [0, 0.05) is 35.9 Å². The van der Waals surface area contributed by atoms with E-state index in [1.807, 2.05) is 0 Å². The predicted octanol–water partition coefficient (Wildman–Crippen LogP) is 2.31. The van der Waals surface area contributed by atoms with Crippen molar-refractivity contribution in [2.24, 2.45) is 5.73 Å². The number of nitrogens with zero attached hydrogens (tertiary/aromatic N) is 2. The van der Waals surface area contributed by atoms with E-state index in [4.69, 9.17) is 28.9 Å². The monoisotopic (exact) mass is 259 g/mol. The zero-order valence-electron chi connectivity index (χ0n) is 9.00. The molecule has 0 radical (unpaired) electrons. The number of rotatable bonds is 3. The molecule has 2 N–H and O–H groups in total. The molecule has 0 amide bonds. The normalized spacial score (nSPS) is 21.6. The Kier molecular flexibility index (Phi) is 4.03. The molecule has 2 rings (SSSR count). The lowest BCUT2D eigenvalue weighted by Crippen LogP contribution is -2.34. The zero-order chi connectivity index (χ0) is 11.5. The highest BCUT2D eigenvalue weighted by Gasteiger charge is 2.23. The maximum absolute atomic E-state index is 6.12. The molecule has 1 aromatic rings. The number of hydrogen-bond donors (Lipinski definition) is 1. The Hall–Kier alpha value is -0.350. The lowest BCUT2D eigenvalue weighted by atomic mass is 10.2. The molecule has 0 aliphatic carbocycles. The summed E-state index contributed by atoms with van der Waals surface area (Å²) in [6.07, 6.45) is 4.13. The maximum atomic E-state index is 6.12. The van der Waals surface area contributed by atoms with Gasteiger partial charge in [0.2, 0.25) is 0 Å². The first-order chi connectivity index (χ1) is 7.70. The summed E-state index contributed by atoms with van der Waals surface area (Å²) in [5.74, 6) is 0. The molecule has 88 valence electrons. The largest absolute Gasteiger partial charge is 0.329 e. The Bertz CT molecular complexity index is 370. The summed E-state index contributed by atoms with van der Waals surface area (Å²) in [6, 6.07) is 2.16. The molecule has 1 aliphatic rings. The molecule has 16 heavy (non-hydrogen) atoms. The third-order valence-electron chi connectivity index (χ3n) is 3.04. The van der Waals surface area contributed by atoms with E-state index in [0.717, 1.165) is 18.7 Å². The lowest BCUT2D eigenvalue weighted by molar-refractivity contribution is 0.250. The van der Waals surface area contributed by atoms with Crippen LogP contribution in [-0.4, -0.2) is 29.0 Å². The third kappa shape index (κ3) is 2.66. The first-order valence-electron chi connectivity index (χ1n) is 5.44. The van der Waals surface area contributed by atoms with Crippen LogP contribution in [0.25, 0.3) is 0 Å². The van der Waals surface area contributed by atoms with Crippen molar-refractivity contribution in [1.82, 2.24) is 9.88 Å². The highest BCUT2D eigenvalue weighted by Crippen LogP contribution is 2.24. The van der Waals surface area contributed by atoms with Gasteiger partial charge < -0.3 is 5.73 Å². The van der Waals surface area contributed by atoms with E-state index in [-0.39, 0.29) is 0 Å². The molecule has 5 heteroatoms. The summed E-state index contributed by atoms with van der Waals surface area (Å²) in [5.41, 5.74) is 6.75. The van der Waals surface area contributed by atoms with Crippen LogP contribution in [0.2, 0.25) is 10.2 Å². The van der Waals surface area contributed by atoms with Gasteiger partial charge in [-0.15, -0.1) is 0 Å². The fourth-order valence-corrected chi connectivity index (χ4v) is 2.57. The molecule has 3 nitrogen and oxygen atoms in total. The summed E-state index contributed by atoms with van der Waals surface area (Å²) in [5, 5.41) is 1.12. The molecule has 0 saturated carbocycles. The second-order valence-corrected chi connectivity index (χ2v) is 4.90. The molecule has 1 atom stereocenters. The molecule has 2 heterocycles. The second-order valence-electron chi connectivity index (χ2n) is 4.10. The van der Waals surface area contributed by atoms with Crippen molar-refractivity contribution >= 4 is 23.2 Å². The first-order valence-corrected chi connectivity index (χ1v) is 6.20. The van der Waals surface area contributed by atoms with E-state index in [9.17, 15) is 0 Å². The Balaban J connectivity index is 2.08. The van der Waals surface area contributed by atoms with Crippen LogP contribution < -0.4 is 5.73 Å². The van der Waals surface area contributed by atoms with E-state index in [1.54, 1.807) is 12.3 Å². The molecule has 1 aromatic heterocycles. The van der Waals surface area contributed by atoms with Crippen LogP contribution in [0.15, 0.2) is 12.3 Å². The molecular formula is C11H15Cl2N3. The van der Waals surface area contributed by atoms with E-state index in [1.165, 1.54) is 12.8 Å². The van der Waals surface area contributed by atoms with E-state index < -0.39 is 0 Å². The molecule has 1 unspecified atom stereocenters. The average molecular weight is 260 g/mol. The van der Waals surface area contributed by atoms with Gasteiger partial charge in [0.15, 0.2) is 0 Å².